The molecule has 2 aromatic carbocycles. The van der Waals surface area contributed by atoms with Gasteiger partial charge in [-0.05, 0) is 67.1 Å². The first kappa shape index (κ1) is 33.8. The molecule has 0 bridgehead atoms. The van der Waals surface area contributed by atoms with Crippen LogP contribution in [-0.2, 0) is 16.0 Å². The topological polar surface area (TPSA) is 104 Å². The van der Waals surface area contributed by atoms with Crippen molar-refractivity contribution >= 4 is 33.6 Å². The molecule has 13 heteroatoms. The Hall–Kier alpha value is -4.10. The number of aromatic amines is 1. The summed E-state index contributed by atoms with van der Waals surface area (Å²) in [6, 6.07) is 11.1. The van der Waals surface area contributed by atoms with Crippen molar-refractivity contribution < 1.29 is 26.3 Å². The molecule has 3 fully saturated rings. The van der Waals surface area contributed by atoms with Crippen LogP contribution in [0.2, 0.25) is 0 Å². The van der Waals surface area contributed by atoms with Gasteiger partial charge in [-0.2, -0.15) is 13.2 Å². The first-order valence-corrected chi connectivity index (χ1v) is 18.1. The van der Waals surface area contributed by atoms with Crippen molar-refractivity contribution in [2.24, 2.45) is 5.73 Å². The number of likely N-dealkylation sites (tertiary alicyclic amines) is 1. The quantitative estimate of drug-likeness (QED) is 0.268. The van der Waals surface area contributed by atoms with Crippen LogP contribution in [0.4, 0.5) is 13.2 Å². The number of nitrogens with one attached hydrogen (secondary N) is 2. The Labute approximate surface area is 280 Å². The lowest BCUT2D eigenvalue weighted by molar-refractivity contribution is -0.137. The van der Waals surface area contributed by atoms with Gasteiger partial charge in [0, 0.05) is 48.3 Å². The van der Waals surface area contributed by atoms with Gasteiger partial charge in [-0.25, -0.2) is 8.42 Å². The van der Waals surface area contributed by atoms with Crippen molar-refractivity contribution in [1.29, 1.82) is 0 Å². The molecule has 0 spiro atoms. The molecule has 1 aromatic heterocycles. The SMILES string of the molecule is C=C/C([B]c1cc2cc(OC3CCN(C4CS(=O)(=O)C4)CC3)c(-c3ccccc3C(F)(F)F)cc2[nH]1)=C1/NC(=C/C)/C(=C\N)N1CCC. The Morgan fingerprint density at radius 2 is 1.88 bits per heavy atom. The number of piperidine rings is 1. The minimum Gasteiger partial charge on any atom is -0.490 e. The number of benzene rings is 2. The fourth-order valence-corrected chi connectivity index (χ4v) is 8.32. The van der Waals surface area contributed by atoms with Gasteiger partial charge in [0.25, 0.3) is 0 Å². The summed E-state index contributed by atoms with van der Waals surface area (Å²) >= 11 is 0. The van der Waals surface area contributed by atoms with Crippen LogP contribution in [0.15, 0.2) is 90.1 Å². The third-order valence-electron chi connectivity index (χ3n) is 9.23. The predicted octanol–water partition coefficient (Wildman–Crippen LogP) is 5.20. The molecule has 0 saturated carbocycles. The van der Waals surface area contributed by atoms with E-state index in [9.17, 15) is 21.6 Å². The van der Waals surface area contributed by atoms with Crippen molar-refractivity contribution in [2.75, 3.05) is 31.1 Å². The molecular formula is C35H40BF3N5O3S. The lowest BCUT2D eigenvalue weighted by Crippen LogP contribution is -2.56. The number of hydrogen-bond donors (Lipinski definition) is 3. The lowest BCUT2D eigenvalue weighted by atomic mass is 9.66. The first-order chi connectivity index (χ1) is 22.9. The number of rotatable bonds is 9. The highest BCUT2D eigenvalue weighted by atomic mass is 32.2. The van der Waals surface area contributed by atoms with Gasteiger partial charge < -0.3 is 25.7 Å². The molecular weight excluding hydrogens is 638 g/mol. The van der Waals surface area contributed by atoms with Gasteiger partial charge in [-0.3, -0.25) is 4.90 Å². The summed E-state index contributed by atoms with van der Waals surface area (Å²) in [5.74, 6) is 1.57. The molecule has 8 nitrogen and oxygen atoms in total. The minimum absolute atomic E-state index is 0.0301. The van der Waals surface area contributed by atoms with E-state index in [2.05, 4.69) is 33.6 Å². The molecule has 3 saturated heterocycles. The molecule has 3 aliphatic heterocycles. The largest absolute Gasteiger partial charge is 0.490 e. The summed E-state index contributed by atoms with van der Waals surface area (Å²) in [4.78, 5) is 7.67. The maximum Gasteiger partial charge on any atom is 0.417 e. The summed E-state index contributed by atoms with van der Waals surface area (Å²) in [6.07, 6.45) is 2.70. The molecule has 0 unspecified atom stereocenters. The molecule has 3 aromatic rings. The van der Waals surface area contributed by atoms with Gasteiger partial charge in [-0.15, -0.1) is 0 Å². The van der Waals surface area contributed by atoms with Gasteiger partial charge in [0.05, 0.1) is 28.5 Å². The van der Waals surface area contributed by atoms with Crippen LogP contribution in [0.25, 0.3) is 22.0 Å². The summed E-state index contributed by atoms with van der Waals surface area (Å²) < 4.78 is 72.6. The fraction of sp³-hybridized carbons (Fsp3) is 0.371. The second kappa shape index (κ2) is 13.4. The van der Waals surface area contributed by atoms with E-state index in [1.165, 1.54) is 12.1 Å². The van der Waals surface area contributed by atoms with E-state index in [1.807, 2.05) is 32.4 Å². The maximum atomic E-state index is 14.2. The summed E-state index contributed by atoms with van der Waals surface area (Å²) in [5, 5.41) is 4.24. The number of sulfone groups is 1. The number of nitrogens with two attached hydrogens (primary N) is 1. The van der Waals surface area contributed by atoms with E-state index < -0.39 is 21.6 Å². The highest BCUT2D eigenvalue weighted by Gasteiger charge is 2.39. The lowest BCUT2D eigenvalue weighted by Gasteiger charge is -2.41. The number of hydrogen-bond acceptors (Lipinski definition) is 7. The van der Waals surface area contributed by atoms with E-state index in [1.54, 1.807) is 24.4 Å². The summed E-state index contributed by atoms with van der Waals surface area (Å²) in [6.45, 7) is 10.2. The third-order valence-corrected chi connectivity index (χ3v) is 11.0. The second-order valence-electron chi connectivity index (χ2n) is 12.5. The average molecular weight is 679 g/mol. The number of nitrogens with zero attached hydrogens (tertiary/aromatic N) is 2. The van der Waals surface area contributed by atoms with Gasteiger partial charge in [0.1, 0.15) is 17.7 Å². The van der Waals surface area contributed by atoms with Crippen LogP contribution in [0, 0.1) is 0 Å². The number of ether oxygens (including phenoxy) is 1. The van der Waals surface area contributed by atoms with E-state index in [0.29, 0.717) is 42.8 Å². The minimum atomic E-state index is -4.56. The van der Waals surface area contributed by atoms with Crippen molar-refractivity contribution in [1.82, 2.24) is 20.1 Å². The highest BCUT2D eigenvalue weighted by molar-refractivity contribution is 7.92. The Morgan fingerprint density at radius 1 is 1.15 bits per heavy atom. The standard InChI is InChI=1S/C35H40BF3N5O3S/c1-4-13-44-31(19-40)29(6-3)42-34(44)28(5-2)36-33-17-22-16-32(47-24-11-14-43(15-12-24)23-20-48(45,46)21-23)26(18-30(22)41-33)25-9-7-8-10-27(25)35(37,38)39/h5-10,16-19,23-24,41-42H,2,4,11-15,20-21,40H2,1,3H3/b29-6+,31-19+,34-28+. The van der Waals surface area contributed by atoms with Gasteiger partial charge >= 0.3 is 6.18 Å². The predicted molar refractivity (Wildman–Crippen MR) is 185 cm³/mol. The van der Waals surface area contributed by atoms with Crippen molar-refractivity contribution in [3.63, 3.8) is 0 Å². The molecule has 253 valence electrons. The normalized spacial score (nSPS) is 21.8. The van der Waals surface area contributed by atoms with Crippen molar-refractivity contribution in [2.45, 2.75) is 51.4 Å². The molecule has 0 amide bonds. The van der Waals surface area contributed by atoms with Gasteiger partial charge in [-0.1, -0.05) is 43.9 Å². The van der Waals surface area contributed by atoms with Crippen LogP contribution >= 0.6 is 0 Å². The van der Waals surface area contributed by atoms with Crippen LogP contribution in [0.5, 0.6) is 5.75 Å². The average Bonchev–Trinajstić information content (AvgIpc) is 3.61. The molecule has 1 radical (unpaired) electrons. The molecule has 48 heavy (non-hydrogen) atoms. The monoisotopic (exact) mass is 678 g/mol. The first-order valence-electron chi connectivity index (χ1n) is 16.2. The second-order valence-corrected chi connectivity index (χ2v) is 14.6. The summed E-state index contributed by atoms with van der Waals surface area (Å²) in [7, 11) is -0.986. The van der Waals surface area contributed by atoms with Crippen LogP contribution in [0.3, 0.4) is 0 Å². The van der Waals surface area contributed by atoms with Crippen molar-refractivity contribution in [3.8, 4) is 16.9 Å². The molecule has 4 heterocycles. The van der Waals surface area contributed by atoms with Crippen LogP contribution in [-0.4, -0.2) is 73.8 Å². The number of allylic oxidation sites excluding steroid dienone is 3. The van der Waals surface area contributed by atoms with Gasteiger partial charge in [0.15, 0.2) is 9.84 Å². The van der Waals surface area contributed by atoms with E-state index in [4.69, 9.17) is 10.5 Å². The number of aromatic nitrogens is 1. The van der Waals surface area contributed by atoms with E-state index in [0.717, 1.165) is 52.7 Å². The summed E-state index contributed by atoms with van der Waals surface area (Å²) in [5.41, 5.74) is 9.63. The maximum absolute atomic E-state index is 14.2. The molecule has 6 rings (SSSR count). The molecule has 0 atom stereocenters. The molecule has 3 aliphatic rings. The number of alkyl halides is 3. The molecule has 0 aliphatic carbocycles. The Morgan fingerprint density at radius 3 is 2.50 bits per heavy atom. The Balaban J connectivity index is 1.34. The van der Waals surface area contributed by atoms with Crippen LogP contribution in [0.1, 0.15) is 38.7 Å². The smallest absolute Gasteiger partial charge is 0.417 e. The zero-order valence-corrected chi connectivity index (χ0v) is 27.9. The highest BCUT2D eigenvalue weighted by Crippen LogP contribution is 2.42. The number of halogens is 3. The Kier molecular flexibility index (Phi) is 9.45. The third kappa shape index (κ3) is 6.75. The van der Waals surface area contributed by atoms with Crippen LogP contribution < -0.4 is 21.4 Å². The number of fused-ring (bicyclic) bond motifs is 1. The zero-order chi connectivity index (χ0) is 34.2. The Bertz CT molecular complexity index is 1900. The number of H-pyrrole nitrogens is 1. The van der Waals surface area contributed by atoms with E-state index >= 15 is 0 Å². The van der Waals surface area contributed by atoms with Crippen molar-refractivity contribution in [3.05, 3.63) is 95.6 Å². The van der Waals surface area contributed by atoms with E-state index in [-0.39, 0.29) is 29.2 Å². The fourth-order valence-electron chi connectivity index (χ4n) is 6.82. The zero-order valence-electron chi connectivity index (χ0n) is 27.1. The molecule has 4 N–H and O–H groups in total. The van der Waals surface area contributed by atoms with Gasteiger partial charge in [0.2, 0.25) is 7.28 Å².